The molecular formula is C16H17N5O2. The highest BCUT2D eigenvalue weighted by atomic mass is 16.5. The second kappa shape index (κ2) is 6.43. The van der Waals surface area contributed by atoms with Crippen molar-refractivity contribution in [3.63, 3.8) is 0 Å². The molecule has 2 aromatic heterocycles. The maximum atomic E-state index is 12.0. The van der Waals surface area contributed by atoms with Gasteiger partial charge in [-0.1, -0.05) is 23.4 Å². The van der Waals surface area contributed by atoms with Gasteiger partial charge < -0.3 is 9.84 Å². The Morgan fingerprint density at radius 1 is 1.26 bits per heavy atom. The molecule has 2 heterocycles. The van der Waals surface area contributed by atoms with E-state index < -0.39 is 0 Å². The fourth-order valence-corrected chi connectivity index (χ4v) is 2.24. The topological polar surface area (TPSA) is 85.8 Å². The number of rotatable bonds is 5. The molecule has 1 amide bonds. The molecule has 118 valence electrons. The number of amides is 1. The third kappa shape index (κ3) is 3.45. The minimum absolute atomic E-state index is 0.115. The smallest absolute Gasteiger partial charge is 0.225 e. The molecule has 7 heteroatoms. The molecule has 0 spiro atoms. The minimum Gasteiger partial charge on any atom is -0.361 e. The van der Waals surface area contributed by atoms with Gasteiger partial charge in [0.05, 0.1) is 24.3 Å². The summed E-state index contributed by atoms with van der Waals surface area (Å²) in [7, 11) is 0. The Balaban J connectivity index is 1.59. The van der Waals surface area contributed by atoms with E-state index in [4.69, 9.17) is 4.52 Å². The standard InChI is InChI=1S/C16H17N5O2/c1-11-14(12(2)23-20-11)8-16(22)17-9-15-18-10-21(19-15)13-6-4-3-5-7-13/h3-7,10H,8-9H2,1-2H3,(H,17,22). The van der Waals surface area contributed by atoms with Crippen LogP contribution in [-0.2, 0) is 17.8 Å². The van der Waals surface area contributed by atoms with Crippen LogP contribution >= 0.6 is 0 Å². The van der Waals surface area contributed by atoms with Crippen molar-refractivity contribution in [2.24, 2.45) is 0 Å². The van der Waals surface area contributed by atoms with Crippen LogP contribution < -0.4 is 5.32 Å². The van der Waals surface area contributed by atoms with Crippen molar-refractivity contribution in [1.29, 1.82) is 0 Å². The molecule has 0 bridgehead atoms. The van der Waals surface area contributed by atoms with E-state index in [1.165, 1.54) is 0 Å². The lowest BCUT2D eigenvalue weighted by Gasteiger charge is -2.02. The lowest BCUT2D eigenvalue weighted by molar-refractivity contribution is -0.120. The van der Waals surface area contributed by atoms with E-state index in [0.29, 0.717) is 11.6 Å². The summed E-state index contributed by atoms with van der Waals surface area (Å²) in [6.07, 6.45) is 1.87. The summed E-state index contributed by atoms with van der Waals surface area (Å²) in [5.41, 5.74) is 2.49. The van der Waals surface area contributed by atoms with Gasteiger partial charge in [-0.05, 0) is 26.0 Å². The predicted molar refractivity (Wildman–Crippen MR) is 82.9 cm³/mol. The van der Waals surface area contributed by atoms with E-state index in [1.807, 2.05) is 37.3 Å². The number of aryl methyl sites for hydroxylation is 2. The van der Waals surface area contributed by atoms with Gasteiger partial charge in [-0.3, -0.25) is 4.79 Å². The summed E-state index contributed by atoms with van der Waals surface area (Å²) in [6, 6.07) is 9.68. The number of aromatic nitrogens is 4. The fourth-order valence-electron chi connectivity index (χ4n) is 2.24. The maximum absolute atomic E-state index is 12.0. The molecule has 1 N–H and O–H groups in total. The van der Waals surface area contributed by atoms with Crippen LogP contribution in [0.2, 0.25) is 0 Å². The van der Waals surface area contributed by atoms with Crippen molar-refractivity contribution < 1.29 is 9.32 Å². The molecule has 0 saturated heterocycles. The Kier molecular flexibility index (Phi) is 4.18. The van der Waals surface area contributed by atoms with Crippen LogP contribution in [0.1, 0.15) is 22.8 Å². The molecule has 7 nitrogen and oxygen atoms in total. The van der Waals surface area contributed by atoms with Gasteiger partial charge in [-0.15, -0.1) is 5.10 Å². The number of carbonyl (C=O) groups is 1. The van der Waals surface area contributed by atoms with Crippen LogP contribution in [0.15, 0.2) is 41.2 Å². The van der Waals surface area contributed by atoms with Crippen LogP contribution in [0.5, 0.6) is 0 Å². The summed E-state index contributed by atoms with van der Waals surface area (Å²) in [6.45, 7) is 3.90. The highest BCUT2D eigenvalue weighted by molar-refractivity contribution is 5.78. The zero-order valence-corrected chi connectivity index (χ0v) is 13.0. The van der Waals surface area contributed by atoms with Gasteiger partial charge in [-0.25, -0.2) is 9.67 Å². The third-order valence-electron chi connectivity index (χ3n) is 3.52. The third-order valence-corrected chi connectivity index (χ3v) is 3.52. The van der Waals surface area contributed by atoms with Crippen molar-refractivity contribution in [1.82, 2.24) is 25.2 Å². The number of para-hydroxylation sites is 1. The molecule has 3 aromatic rings. The van der Waals surface area contributed by atoms with Gasteiger partial charge in [0.2, 0.25) is 5.91 Å². The highest BCUT2D eigenvalue weighted by Gasteiger charge is 2.13. The SMILES string of the molecule is Cc1noc(C)c1CC(=O)NCc1ncn(-c2ccccc2)n1. The average Bonchev–Trinajstić information content (AvgIpc) is 3.16. The first-order valence-electron chi connectivity index (χ1n) is 7.28. The first kappa shape index (κ1) is 15.0. The van der Waals surface area contributed by atoms with Crippen LogP contribution in [0.25, 0.3) is 5.69 Å². The quantitative estimate of drug-likeness (QED) is 0.775. The molecule has 0 aliphatic rings. The van der Waals surface area contributed by atoms with Gasteiger partial charge in [0.25, 0.3) is 0 Å². The molecule has 0 atom stereocenters. The number of hydrogen-bond donors (Lipinski definition) is 1. The van der Waals surface area contributed by atoms with Crippen molar-refractivity contribution in [3.05, 3.63) is 59.5 Å². The number of carbonyl (C=O) groups excluding carboxylic acids is 1. The van der Waals surface area contributed by atoms with Gasteiger partial charge in [-0.2, -0.15) is 0 Å². The van der Waals surface area contributed by atoms with Crippen molar-refractivity contribution in [2.45, 2.75) is 26.8 Å². The zero-order chi connectivity index (χ0) is 16.2. The Hall–Kier alpha value is -2.96. The van der Waals surface area contributed by atoms with E-state index >= 15 is 0 Å². The summed E-state index contributed by atoms with van der Waals surface area (Å²) in [5.74, 6) is 1.11. The predicted octanol–water partition coefficient (Wildman–Crippen LogP) is 1.73. The fraction of sp³-hybridized carbons (Fsp3) is 0.250. The van der Waals surface area contributed by atoms with Crippen LogP contribution in [0.4, 0.5) is 0 Å². The zero-order valence-electron chi connectivity index (χ0n) is 13.0. The number of nitrogens with one attached hydrogen (secondary N) is 1. The first-order chi connectivity index (χ1) is 11.1. The Labute approximate surface area is 133 Å². The number of nitrogens with zero attached hydrogens (tertiary/aromatic N) is 4. The molecule has 0 unspecified atom stereocenters. The molecule has 0 aliphatic heterocycles. The molecule has 0 aliphatic carbocycles. The average molecular weight is 311 g/mol. The highest BCUT2D eigenvalue weighted by Crippen LogP contribution is 2.12. The molecule has 0 fully saturated rings. The van der Waals surface area contributed by atoms with E-state index in [0.717, 1.165) is 16.9 Å². The molecule has 1 aromatic carbocycles. The Morgan fingerprint density at radius 2 is 2.04 bits per heavy atom. The van der Waals surface area contributed by atoms with Gasteiger partial charge in [0.1, 0.15) is 12.1 Å². The molecule has 0 saturated carbocycles. The minimum atomic E-state index is -0.115. The molecule has 23 heavy (non-hydrogen) atoms. The second-order valence-corrected chi connectivity index (χ2v) is 5.20. The van der Waals surface area contributed by atoms with Crippen molar-refractivity contribution in [3.8, 4) is 5.69 Å². The van der Waals surface area contributed by atoms with Crippen molar-refractivity contribution in [2.75, 3.05) is 0 Å². The van der Waals surface area contributed by atoms with Gasteiger partial charge >= 0.3 is 0 Å². The first-order valence-corrected chi connectivity index (χ1v) is 7.28. The molecular weight excluding hydrogens is 294 g/mol. The largest absolute Gasteiger partial charge is 0.361 e. The summed E-state index contributed by atoms with van der Waals surface area (Å²) < 4.78 is 6.73. The second-order valence-electron chi connectivity index (χ2n) is 5.20. The summed E-state index contributed by atoms with van der Waals surface area (Å²) >= 11 is 0. The van der Waals surface area contributed by atoms with Gasteiger partial charge in [0.15, 0.2) is 5.82 Å². The summed E-state index contributed by atoms with van der Waals surface area (Å²) in [4.78, 5) is 16.2. The van der Waals surface area contributed by atoms with Crippen molar-refractivity contribution >= 4 is 5.91 Å². The maximum Gasteiger partial charge on any atom is 0.225 e. The van der Waals surface area contributed by atoms with E-state index in [1.54, 1.807) is 17.9 Å². The van der Waals surface area contributed by atoms with E-state index in [-0.39, 0.29) is 18.9 Å². The Bertz CT molecular complexity index is 788. The van der Waals surface area contributed by atoms with Crippen LogP contribution in [0, 0.1) is 13.8 Å². The number of hydrogen-bond acceptors (Lipinski definition) is 5. The Morgan fingerprint density at radius 3 is 2.74 bits per heavy atom. The normalized spacial score (nSPS) is 10.7. The van der Waals surface area contributed by atoms with Crippen LogP contribution in [-0.4, -0.2) is 25.8 Å². The lowest BCUT2D eigenvalue weighted by Crippen LogP contribution is -2.25. The monoisotopic (exact) mass is 311 g/mol. The molecule has 0 radical (unpaired) electrons. The number of benzene rings is 1. The molecule has 3 rings (SSSR count). The van der Waals surface area contributed by atoms with E-state index in [2.05, 4.69) is 20.6 Å². The van der Waals surface area contributed by atoms with Crippen LogP contribution in [0.3, 0.4) is 0 Å². The van der Waals surface area contributed by atoms with E-state index in [9.17, 15) is 4.79 Å². The van der Waals surface area contributed by atoms with Gasteiger partial charge in [0, 0.05) is 5.56 Å². The lowest BCUT2D eigenvalue weighted by atomic mass is 10.1. The summed E-state index contributed by atoms with van der Waals surface area (Å²) in [5, 5.41) is 11.0.